The first-order valence-electron chi connectivity index (χ1n) is 6.83. The summed E-state index contributed by atoms with van der Waals surface area (Å²) in [5, 5.41) is 5.11. The molecule has 0 aliphatic carbocycles. The van der Waals surface area contributed by atoms with Crippen LogP contribution in [-0.2, 0) is 0 Å². The molecule has 0 fully saturated rings. The monoisotopic (exact) mass is 325 g/mol. The number of hydrogen-bond acceptors (Lipinski definition) is 3. The van der Waals surface area contributed by atoms with Gasteiger partial charge >= 0.3 is 6.09 Å². The van der Waals surface area contributed by atoms with Crippen LogP contribution in [0.15, 0.2) is 78.0 Å². The minimum absolute atomic E-state index is 0.342. The van der Waals surface area contributed by atoms with E-state index in [9.17, 15) is 4.79 Å². The van der Waals surface area contributed by atoms with Gasteiger partial charge in [-0.1, -0.05) is 35.9 Å². The number of carbonyl (C=O) groups excluding carboxylic acids is 1. The summed E-state index contributed by atoms with van der Waals surface area (Å²) >= 11 is 5.83. The molecule has 3 aromatic rings. The highest BCUT2D eigenvalue weighted by molar-refractivity contribution is 6.30. The van der Waals surface area contributed by atoms with Gasteiger partial charge in [-0.05, 0) is 36.4 Å². The Morgan fingerprint density at radius 3 is 2.61 bits per heavy atom. The standard InChI is InChI=1S/C17H12ClN3O2/c18-13-5-4-8-16(11-13)23-17(22)20-14-9-10-21(19-12-14)15-6-2-1-3-7-15/h1-12H/b20-14+. The SMILES string of the molecule is O=C(/N=c1\ccn(-c2ccccc2)nc1)Oc1cccc(Cl)c1. The first-order valence-corrected chi connectivity index (χ1v) is 7.21. The van der Waals surface area contributed by atoms with Gasteiger partial charge in [-0.3, -0.25) is 0 Å². The van der Waals surface area contributed by atoms with E-state index in [-0.39, 0.29) is 0 Å². The number of carbonyl (C=O) groups is 1. The number of rotatable bonds is 2. The molecule has 0 N–H and O–H groups in total. The number of ether oxygens (including phenoxy) is 1. The summed E-state index contributed by atoms with van der Waals surface area (Å²) in [6.45, 7) is 0. The molecule has 1 heterocycles. The third-order valence-corrected chi connectivity index (χ3v) is 3.18. The van der Waals surface area contributed by atoms with Gasteiger partial charge in [0.25, 0.3) is 0 Å². The van der Waals surface area contributed by atoms with Crippen LogP contribution >= 0.6 is 11.6 Å². The van der Waals surface area contributed by atoms with Crippen LogP contribution in [0.2, 0.25) is 5.02 Å². The van der Waals surface area contributed by atoms with E-state index in [0.29, 0.717) is 16.1 Å². The van der Waals surface area contributed by atoms with Gasteiger partial charge < -0.3 is 4.74 Å². The lowest BCUT2D eigenvalue weighted by Gasteiger charge is -2.03. The fourth-order valence-electron chi connectivity index (χ4n) is 1.91. The lowest BCUT2D eigenvalue weighted by molar-refractivity contribution is 0.210. The maximum atomic E-state index is 11.8. The number of amides is 1. The van der Waals surface area contributed by atoms with Gasteiger partial charge in [-0.25, -0.2) is 9.48 Å². The van der Waals surface area contributed by atoms with Crippen LogP contribution in [0.5, 0.6) is 5.75 Å². The fourth-order valence-corrected chi connectivity index (χ4v) is 2.09. The summed E-state index contributed by atoms with van der Waals surface area (Å²) < 4.78 is 6.77. The average Bonchev–Trinajstić information content (AvgIpc) is 2.56. The average molecular weight is 326 g/mol. The van der Waals surface area contributed by atoms with Gasteiger partial charge in [-0.2, -0.15) is 10.1 Å². The molecule has 0 bridgehead atoms. The van der Waals surface area contributed by atoms with Crippen LogP contribution in [0.25, 0.3) is 5.69 Å². The molecule has 0 aliphatic heterocycles. The van der Waals surface area contributed by atoms with Crippen molar-refractivity contribution in [2.24, 2.45) is 4.99 Å². The quantitative estimate of drug-likeness (QED) is 0.723. The van der Waals surface area contributed by atoms with Crippen LogP contribution in [-0.4, -0.2) is 15.9 Å². The molecule has 0 atom stereocenters. The largest absolute Gasteiger partial charge is 0.439 e. The van der Waals surface area contributed by atoms with Gasteiger partial charge in [0.2, 0.25) is 0 Å². The van der Waals surface area contributed by atoms with Crippen LogP contribution in [0.3, 0.4) is 0 Å². The number of benzene rings is 2. The zero-order valence-electron chi connectivity index (χ0n) is 12.0. The molecule has 0 saturated heterocycles. The van der Waals surface area contributed by atoms with Crippen LogP contribution in [0.4, 0.5) is 4.79 Å². The summed E-state index contributed by atoms with van der Waals surface area (Å²) in [6, 6.07) is 17.9. The number of halogens is 1. The van der Waals surface area contributed by atoms with E-state index < -0.39 is 6.09 Å². The summed E-state index contributed by atoms with van der Waals surface area (Å²) in [5.74, 6) is 0.342. The number of aromatic nitrogens is 2. The maximum absolute atomic E-state index is 11.8. The van der Waals surface area contributed by atoms with E-state index in [1.807, 2.05) is 30.3 Å². The second-order valence-electron chi connectivity index (χ2n) is 4.60. The Morgan fingerprint density at radius 2 is 1.91 bits per heavy atom. The van der Waals surface area contributed by atoms with Crippen LogP contribution in [0, 0.1) is 0 Å². The molecule has 0 saturated carbocycles. The highest BCUT2D eigenvalue weighted by Gasteiger charge is 2.02. The van der Waals surface area contributed by atoms with Crippen LogP contribution < -0.4 is 10.1 Å². The predicted molar refractivity (Wildman–Crippen MR) is 86.6 cm³/mol. The Bertz CT molecular complexity index is 871. The van der Waals surface area contributed by atoms with Gasteiger partial charge in [0.1, 0.15) is 5.75 Å². The van der Waals surface area contributed by atoms with E-state index >= 15 is 0 Å². The molecule has 1 amide bonds. The first-order chi connectivity index (χ1) is 11.2. The van der Waals surface area contributed by atoms with Gasteiger partial charge in [0.15, 0.2) is 0 Å². The molecule has 0 radical (unpaired) electrons. The molecule has 0 unspecified atom stereocenters. The Kier molecular flexibility index (Phi) is 4.49. The molecule has 0 aliphatic rings. The third-order valence-electron chi connectivity index (χ3n) is 2.94. The number of hydrogen-bond donors (Lipinski definition) is 0. The minimum Gasteiger partial charge on any atom is -0.409 e. The summed E-state index contributed by atoms with van der Waals surface area (Å²) in [7, 11) is 0. The molecule has 1 aromatic heterocycles. The van der Waals surface area contributed by atoms with Gasteiger partial charge in [0, 0.05) is 11.2 Å². The summed E-state index contributed by atoms with van der Waals surface area (Å²) in [4.78, 5) is 15.6. The Balaban J connectivity index is 1.76. The molecule has 5 nitrogen and oxygen atoms in total. The third kappa shape index (κ3) is 4.05. The van der Waals surface area contributed by atoms with Crippen molar-refractivity contribution in [1.29, 1.82) is 0 Å². The second kappa shape index (κ2) is 6.89. The van der Waals surface area contributed by atoms with Crippen molar-refractivity contribution in [3.05, 3.63) is 83.4 Å². The molecular formula is C17H12ClN3O2. The Morgan fingerprint density at radius 1 is 1.09 bits per heavy atom. The summed E-state index contributed by atoms with van der Waals surface area (Å²) in [6.07, 6.45) is 2.49. The van der Waals surface area contributed by atoms with E-state index in [2.05, 4.69) is 10.1 Å². The Labute approximate surface area is 137 Å². The minimum atomic E-state index is -0.730. The lowest BCUT2D eigenvalue weighted by atomic mass is 10.3. The highest BCUT2D eigenvalue weighted by Crippen LogP contribution is 2.17. The summed E-state index contributed by atoms with van der Waals surface area (Å²) in [5.41, 5.74) is 0.917. The topological polar surface area (TPSA) is 56.5 Å². The van der Waals surface area contributed by atoms with Crippen molar-refractivity contribution < 1.29 is 9.53 Å². The molecule has 23 heavy (non-hydrogen) atoms. The number of para-hydroxylation sites is 1. The molecule has 0 spiro atoms. The highest BCUT2D eigenvalue weighted by atomic mass is 35.5. The predicted octanol–water partition coefficient (Wildman–Crippen LogP) is 3.63. The van der Waals surface area contributed by atoms with Gasteiger partial charge in [0.05, 0.1) is 17.2 Å². The molecule has 3 rings (SSSR count). The van der Waals surface area contributed by atoms with Crippen molar-refractivity contribution >= 4 is 17.7 Å². The Hall–Kier alpha value is -2.92. The maximum Gasteiger partial charge on any atom is 0.439 e. The van der Waals surface area contributed by atoms with E-state index in [0.717, 1.165) is 5.69 Å². The second-order valence-corrected chi connectivity index (χ2v) is 5.04. The molecule has 114 valence electrons. The van der Waals surface area contributed by atoms with E-state index in [1.165, 1.54) is 6.20 Å². The molecular weight excluding hydrogens is 314 g/mol. The normalized spacial score (nSPS) is 11.3. The lowest BCUT2D eigenvalue weighted by Crippen LogP contribution is -2.13. The zero-order chi connectivity index (χ0) is 16.1. The van der Waals surface area contributed by atoms with Crippen molar-refractivity contribution in [2.45, 2.75) is 0 Å². The van der Waals surface area contributed by atoms with Crippen molar-refractivity contribution in [3.8, 4) is 11.4 Å². The van der Waals surface area contributed by atoms with E-state index in [1.54, 1.807) is 41.2 Å². The molecule has 6 heteroatoms. The van der Waals surface area contributed by atoms with Crippen molar-refractivity contribution in [1.82, 2.24) is 9.78 Å². The smallest absolute Gasteiger partial charge is 0.409 e. The van der Waals surface area contributed by atoms with E-state index in [4.69, 9.17) is 16.3 Å². The van der Waals surface area contributed by atoms with Crippen LogP contribution in [0.1, 0.15) is 0 Å². The molecule has 2 aromatic carbocycles. The van der Waals surface area contributed by atoms with Crippen molar-refractivity contribution in [2.75, 3.05) is 0 Å². The zero-order valence-corrected chi connectivity index (χ0v) is 12.7. The van der Waals surface area contributed by atoms with Crippen molar-refractivity contribution in [3.63, 3.8) is 0 Å². The first kappa shape index (κ1) is 15.0. The number of nitrogens with zero attached hydrogens (tertiary/aromatic N) is 3. The van der Waals surface area contributed by atoms with Gasteiger partial charge in [-0.15, -0.1) is 0 Å². The fraction of sp³-hybridized carbons (Fsp3) is 0.